The van der Waals surface area contributed by atoms with Crippen LogP contribution < -0.4 is 5.32 Å². The minimum absolute atomic E-state index is 0.281. The Labute approximate surface area is 107 Å². The van der Waals surface area contributed by atoms with Crippen molar-refractivity contribution in [1.82, 2.24) is 10.2 Å². The minimum Gasteiger partial charge on any atom is -0.378 e. The van der Waals surface area contributed by atoms with Crippen LogP contribution in [0.1, 0.15) is 47.0 Å². The molecular formula is C14H30N2O. The SMILES string of the molecule is CCOC1CCN(CCNC(C)(C)CC)CC1. The molecule has 0 unspecified atom stereocenters. The first kappa shape index (κ1) is 14.9. The Morgan fingerprint density at radius 1 is 1.24 bits per heavy atom. The van der Waals surface area contributed by atoms with Crippen LogP contribution in [0.15, 0.2) is 0 Å². The number of hydrogen-bond acceptors (Lipinski definition) is 3. The van der Waals surface area contributed by atoms with Gasteiger partial charge in [-0.25, -0.2) is 0 Å². The van der Waals surface area contributed by atoms with Crippen LogP contribution in [0.3, 0.4) is 0 Å². The third-order valence-electron chi connectivity index (χ3n) is 3.85. The van der Waals surface area contributed by atoms with Gasteiger partial charge >= 0.3 is 0 Å². The fourth-order valence-corrected chi connectivity index (χ4v) is 2.21. The average Bonchev–Trinajstić information content (AvgIpc) is 2.32. The first-order chi connectivity index (χ1) is 8.07. The van der Waals surface area contributed by atoms with Gasteiger partial charge < -0.3 is 15.0 Å². The molecule has 0 amide bonds. The van der Waals surface area contributed by atoms with Crippen molar-refractivity contribution >= 4 is 0 Å². The van der Waals surface area contributed by atoms with Gasteiger partial charge in [0, 0.05) is 38.3 Å². The Balaban J connectivity index is 2.10. The van der Waals surface area contributed by atoms with E-state index in [0.717, 1.165) is 13.2 Å². The molecule has 3 heteroatoms. The number of nitrogens with zero attached hydrogens (tertiary/aromatic N) is 1. The van der Waals surface area contributed by atoms with E-state index in [1.54, 1.807) is 0 Å². The smallest absolute Gasteiger partial charge is 0.0599 e. The number of nitrogens with one attached hydrogen (secondary N) is 1. The van der Waals surface area contributed by atoms with Gasteiger partial charge in [-0.1, -0.05) is 6.92 Å². The maximum atomic E-state index is 5.66. The molecule has 0 atom stereocenters. The van der Waals surface area contributed by atoms with Crippen LogP contribution in [0.2, 0.25) is 0 Å². The van der Waals surface area contributed by atoms with Crippen LogP contribution in [0, 0.1) is 0 Å². The maximum Gasteiger partial charge on any atom is 0.0599 e. The number of likely N-dealkylation sites (tertiary alicyclic amines) is 1. The molecule has 0 saturated carbocycles. The second-order valence-corrected chi connectivity index (χ2v) is 5.66. The third kappa shape index (κ3) is 5.84. The van der Waals surface area contributed by atoms with Crippen molar-refractivity contribution in [3.8, 4) is 0 Å². The molecule has 1 heterocycles. The molecule has 0 bridgehead atoms. The van der Waals surface area contributed by atoms with Crippen molar-refractivity contribution in [1.29, 1.82) is 0 Å². The van der Waals surface area contributed by atoms with Gasteiger partial charge in [0.25, 0.3) is 0 Å². The molecule has 1 aliphatic rings. The highest BCUT2D eigenvalue weighted by molar-refractivity contribution is 4.77. The Bertz CT molecular complexity index is 198. The highest BCUT2D eigenvalue weighted by Crippen LogP contribution is 2.13. The molecule has 0 radical (unpaired) electrons. The summed E-state index contributed by atoms with van der Waals surface area (Å²) < 4.78 is 5.66. The quantitative estimate of drug-likeness (QED) is 0.741. The zero-order valence-corrected chi connectivity index (χ0v) is 12.1. The lowest BCUT2D eigenvalue weighted by molar-refractivity contribution is 0.0142. The molecule has 17 heavy (non-hydrogen) atoms. The van der Waals surface area contributed by atoms with Crippen molar-refractivity contribution in [2.24, 2.45) is 0 Å². The summed E-state index contributed by atoms with van der Waals surface area (Å²) in [5.41, 5.74) is 0.281. The highest BCUT2D eigenvalue weighted by Gasteiger charge is 2.19. The number of piperidine rings is 1. The first-order valence-corrected chi connectivity index (χ1v) is 7.16. The average molecular weight is 242 g/mol. The molecule has 1 aliphatic heterocycles. The topological polar surface area (TPSA) is 24.5 Å². The lowest BCUT2D eigenvalue weighted by Crippen LogP contribution is -2.45. The molecule has 0 spiro atoms. The van der Waals surface area contributed by atoms with E-state index in [1.165, 1.54) is 38.9 Å². The van der Waals surface area contributed by atoms with E-state index in [4.69, 9.17) is 4.74 Å². The highest BCUT2D eigenvalue weighted by atomic mass is 16.5. The van der Waals surface area contributed by atoms with Gasteiger partial charge in [-0.05, 0) is 40.0 Å². The van der Waals surface area contributed by atoms with E-state index in [0.29, 0.717) is 6.10 Å². The number of rotatable bonds is 7. The fourth-order valence-electron chi connectivity index (χ4n) is 2.21. The summed E-state index contributed by atoms with van der Waals surface area (Å²) in [6.07, 6.45) is 4.09. The molecule has 3 nitrogen and oxygen atoms in total. The summed E-state index contributed by atoms with van der Waals surface area (Å²) in [6, 6.07) is 0. The molecule has 1 fully saturated rings. The Hall–Kier alpha value is -0.120. The van der Waals surface area contributed by atoms with Crippen molar-refractivity contribution in [3.63, 3.8) is 0 Å². The monoisotopic (exact) mass is 242 g/mol. The maximum absolute atomic E-state index is 5.66. The molecule has 1 saturated heterocycles. The van der Waals surface area contributed by atoms with E-state index >= 15 is 0 Å². The van der Waals surface area contributed by atoms with Gasteiger partial charge in [0.15, 0.2) is 0 Å². The molecule has 0 aromatic rings. The summed E-state index contributed by atoms with van der Waals surface area (Å²) in [6.45, 7) is 14.4. The Morgan fingerprint density at radius 3 is 2.41 bits per heavy atom. The molecule has 0 aliphatic carbocycles. The predicted octanol–water partition coefficient (Wildman–Crippen LogP) is 2.27. The van der Waals surface area contributed by atoms with Crippen LogP contribution in [0.5, 0.6) is 0 Å². The Kier molecular flexibility index (Phi) is 6.45. The standard InChI is InChI=1S/C14H30N2O/c1-5-14(3,4)15-9-12-16-10-7-13(8-11-16)17-6-2/h13,15H,5-12H2,1-4H3. The predicted molar refractivity (Wildman–Crippen MR) is 73.5 cm³/mol. The number of ether oxygens (including phenoxy) is 1. The largest absolute Gasteiger partial charge is 0.378 e. The van der Waals surface area contributed by atoms with Gasteiger partial charge in [0.2, 0.25) is 0 Å². The summed E-state index contributed by atoms with van der Waals surface area (Å²) in [5, 5.41) is 3.62. The van der Waals surface area contributed by atoms with Crippen molar-refractivity contribution in [3.05, 3.63) is 0 Å². The molecule has 1 N–H and O–H groups in total. The molecule has 0 aromatic carbocycles. The van der Waals surface area contributed by atoms with Crippen LogP contribution in [-0.2, 0) is 4.74 Å². The van der Waals surface area contributed by atoms with Gasteiger partial charge in [0.1, 0.15) is 0 Å². The normalized spacial score (nSPS) is 19.8. The van der Waals surface area contributed by atoms with Crippen molar-refractivity contribution in [2.75, 3.05) is 32.8 Å². The van der Waals surface area contributed by atoms with E-state index < -0.39 is 0 Å². The molecule has 0 aromatic heterocycles. The summed E-state index contributed by atoms with van der Waals surface area (Å²) in [5.74, 6) is 0. The summed E-state index contributed by atoms with van der Waals surface area (Å²) >= 11 is 0. The van der Waals surface area contributed by atoms with Crippen LogP contribution >= 0.6 is 0 Å². The Morgan fingerprint density at radius 2 is 1.88 bits per heavy atom. The third-order valence-corrected chi connectivity index (χ3v) is 3.85. The molecule has 1 rings (SSSR count). The van der Waals surface area contributed by atoms with Crippen LogP contribution in [-0.4, -0.2) is 49.3 Å². The van der Waals surface area contributed by atoms with Crippen molar-refractivity contribution in [2.45, 2.75) is 58.6 Å². The number of hydrogen-bond donors (Lipinski definition) is 1. The van der Waals surface area contributed by atoms with E-state index in [1.807, 2.05) is 0 Å². The van der Waals surface area contributed by atoms with Crippen LogP contribution in [0.4, 0.5) is 0 Å². The lowest BCUT2D eigenvalue weighted by Gasteiger charge is -2.33. The fraction of sp³-hybridized carbons (Fsp3) is 1.00. The molecule has 102 valence electrons. The second kappa shape index (κ2) is 7.34. The first-order valence-electron chi connectivity index (χ1n) is 7.16. The van der Waals surface area contributed by atoms with E-state index in [2.05, 4.69) is 37.9 Å². The summed E-state index contributed by atoms with van der Waals surface area (Å²) in [4.78, 5) is 2.55. The zero-order chi connectivity index (χ0) is 12.7. The van der Waals surface area contributed by atoms with Crippen LogP contribution in [0.25, 0.3) is 0 Å². The van der Waals surface area contributed by atoms with E-state index in [9.17, 15) is 0 Å². The minimum atomic E-state index is 0.281. The van der Waals surface area contributed by atoms with Gasteiger partial charge in [-0.15, -0.1) is 0 Å². The molecular weight excluding hydrogens is 212 g/mol. The van der Waals surface area contributed by atoms with Gasteiger partial charge in [-0.3, -0.25) is 0 Å². The lowest BCUT2D eigenvalue weighted by atomic mass is 10.0. The second-order valence-electron chi connectivity index (χ2n) is 5.66. The zero-order valence-electron chi connectivity index (χ0n) is 12.1. The summed E-state index contributed by atoms with van der Waals surface area (Å²) in [7, 11) is 0. The van der Waals surface area contributed by atoms with Gasteiger partial charge in [0.05, 0.1) is 6.10 Å². The van der Waals surface area contributed by atoms with E-state index in [-0.39, 0.29) is 5.54 Å². The van der Waals surface area contributed by atoms with Crippen molar-refractivity contribution < 1.29 is 4.74 Å². The van der Waals surface area contributed by atoms with Gasteiger partial charge in [-0.2, -0.15) is 0 Å².